The first-order valence-corrected chi connectivity index (χ1v) is 6.31. The van der Waals surface area contributed by atoms with E-state index in [1.54, 1.807) is 35.4 Å². The number of anilines is 1. The predicted octanol–water partition coefficient (Wildman–Crippen LogP) is 0.965. The van der Waals surface area contributed by atoms with E-state index in [1.807, 2.05) is 0 Å². The summed E-state index contributed by atoms with van der Waals surface area (Å²) < 4.78 is 0. The van der Waals surface area contributed by atoms with Crippen molar-refractivity contribution in [3.05, 3.63) is 30.5 Å². The number of pyridine rings is 1. The molecule has 2 aromatic rings. The molecule has 1 aliphatic heterocycles. The molecule has 1 aliphatic rings. The van der Waals surface area contributed by atoms with Gasteiger partial charge in [-0.25, -0.2) is 9.78 Å². The molecule has 2 atom stereocenters. The second-order valence-electron chi connectivity index (χ2n) is 4.94. The van der Waals surface area contributed by atoms with Crippen LogP contribution >= 0.6 is 0 Å². The summed E-state index contributed by atoms with van der Waals surface area (Å²) in [6.45, 7) is 0.221. The molecule has 104 valence electrons. The number of benzene rings is 1. The SMILES string of the molecule is O=C(O)C1CC(O)CN1c1nccc2ccc(O)cc12. The molecule has 0 radical (unpaired) electrons. The number of phenolic OH excluding ortho intramolecular Hbond substituents is 1. The molecule has 1 aromatic carbocycles. The number of β-amino-alcohol motifs (C(OH)–C–C–N with tert-alkyl or cyclic N) is 1. The van der Waals surface area contributed by atoms with Crippen molar-refractivity contribution in [2.45, 2.75) is 18.6 Å². The Balaban J connectivity index is 2.13. The van der Waals surface area contributed by atoms with Crippen LogP contribution in [0.25, 0.3) is 10.8 Å². The van der Waals surface area contributed by atoms with Crippen LogP contribution in [0.1, 0.15) is 6.42 Å². The van der Waals surface area contributed by atoms with E-state index in [4.69, 9.17) is 0 Å². The lowest BCUT2D eigenvalue weighted by atomic mass is 10.1. The molecule has 3 rings (SSSR count). The third kappa shape index (κ3) is 2.04. The van der Waals surface area contributed by atoms with Gasteiger partial charge in [-0.3, -0.25) is 0 Å². The van der Waals surface area contributed by atoms with Gasteiger partial charge in [0.1, 0.15) is 17.6 Å². The monoisotopic (exact) mass is 274 g/mol. The normalized spacial score (nSPS) is 22.4. The average Bonchev–Trinajstić information content (AvgIpc) is 2.80. The fourth-order valence-corrected chi connectivity index (χ4v) is 2.65. The number of aliphatic hydroxyl groups is 1. The highest BCUT2D eigenvalue weighted by atomic mass is 16.4. The highest BCUT2D eigenvalue weighted by Gasteiger charge is 2.37. The molecule has 0 bridgehead atoms. The lowest BCUT2D eigenvalue weighted by Gasteiger charge is -2.23. The number of aromatic hydroxyl groups is 1. The fourth-order valence-electron chi connectivity index (χ4n) is 2.65. The van der Waals surface area contributed by atoms with E-state index in [0.717, 1.165) is 5.39 Å². The Bertz CT molecular complexity index is 673. The topological polar surface area (TPSA) is 93.9 Å². The number of hydrogen-bond donors (Lipinski definition) is 3. The molecule has 20 heavy (non-hydrogen) atoms. The maximum atomic E-state index is 11.3. The van der Waals surface area contributed by atoms with E-state index >= 15 is 0 Å². The highest BCUT2D eigenvalue weighted by molar-refractivity contribution is 5.95. The Kier molecular flexibility index (Phi) is 2.94. The zero-order valence-electron chi connectivity index (χ0n) is 10.6. The molecule has 2 unspecified atom stereocenters. The summed E-state index contributed by atoms with van der Waals surface area (Å²) in [5.74, 6) is -0.416. The van der Waals surface area contributed by atoms with Gasteiger partial charge in [0.25, 0.3) is 0 Å². The number of carbonyl (C=O) groups is 1. The first kappa shape index (κ1) is 12.7. The van der Waals surface area contributed by atoms with E-state index in [1.165, 1.54) is 0 Å². The maximum absolute atomic E-state index is 11.3. The number of phenols is 1. The highest BCUT2D eigenvalue weighted by Crippen LogP contribution is 2.32. The van der Waals surface area contributed by atoms with Crippen LogP contribution < -0.4 is 4.90 Å². The summed E-state index contributed by atoms with van der Waals surface area (Å²) in [5.41, 5.74) is 0. The minimum absolute atomic E-state index is 0.0957. The van der Waals surface area contributed by atoms with Crippen LogP contribution in [0.2, 0.25) is 0 Å². The van der Waals surface area contributed by atoms with Gasteiger partial charge in [-0.15, -0.1) is 0 Å². The van der Waals surface area contributed by atoms with Gasteiger partial charge in [0.2, 0.25) is 0 Å². The predicted molar refractivity (Wildman–Crippen MR) is 72.8 cm³/mol. The van der Waals surface area contributed by atoms with Crippen molar-refractivity contribution in [1.29, 1.82) is 0 Å². The van der Waals surface area contributed by atoms with Crippen molar-refractivity contribution < 1.29 is 20.1 Å². The van der Waals surface area contributed by atoms with Crippen LogP contribution in [-0.2, 0) is 4.79 Å². The van der Waals surface area contributed by atoms with Crippen LogP contribution in [0.15, 0.2) is 30.5 Å². The Morgan fingerprint density at radius 3 is 2.90 bits per heavy atom. The zero-order chi connectivity index (χ0) is 14.3. The van der Waals surface area contributed by atoms with E-state index in [-0.39, 0.29) is 18.7 Å². The molecule has 0 aliphatic carbocycles. The number of carboxylic acid groups (broad SMARTS) is 1. The van der Waals surface area contributed by atoms with Crippen molar-refractivity contribution in [2.75, 3.05) is 11.4 Å². The molecule has 6 heteroatoms. The van der Waals surface area contributed by atoms with Gasteiger partial charge in [-0.2, -0.15) is 0 Å². The average molecular weight is 274 g/mol. The van der Waals surface area contributed by atoms with Crippen LogP contribution in [0, 0.1) is 0 Å². The van der Waals surface area contributed by atoms with Gasteiger partial charge in [-0.05, 0) is 23.6 Å². The molecule has 6 nitrogen and oxygen atoms in total. The molecule has 0 spiro atoms. The smallest absolute Gasteiger partial charge is 0.326 e. The minimum Gasteiger partial charge on any atom is -0.508 e. The first-order chi connectivity index (χ1) is 9.56. The van der Waals surface area contributed by atoms with Crippen LogP contribution in [0.3, 0.4) is 0 Å². The lowest BCUT2D eigenvalue weighted by molar-refractivity contribution is -0.138. The number of hydrogen-bond acceptors (Lipinski definition) is 5. The van der Waals surface area contributed by atoms with E-state index < -0.39 is 18.1 Å². The molecule has 0 amide bonds. The number of aromatic nitrogens is 1. The molecule has 1 fully saturated rings. The van der Waals surface area contributed by atoms with E-state index in [9.17, 15) is 20.1 Å². The molecular weight excluding hydrogens is 260 g/mol. The molecule has 1 aromatic heterocycles. The molecule has 0 saturated carbocycles. The van der Waals surface area contributed by atoms with Crippen LogP contribution in [0.4, 0.5) is 5.82 Å². The third-order valence-corrected chi connectivity index (χ3v) is 3.56. The van der Waals surface area contributed by atoms with Gasteiger partial charge in [0, 0.05) is 24.5 Å². The molecule has 3 N–H and O–H groups in total. The van der Waals surface area contributed by atoms with Gasteiger partial charge >= 0.3 is 5.97 Å². The number of fused-ring (bicyclic) bond motifs is 1. The molecule has 1 saturated heterocycles. The van der Waals surface area contributed by atoms with Crippen molar-refractivity contribution in [2.24, 2.45) is 0 Å². The third-order valence-electron chi connectivity index (χ3n) is 3.56. The second kappa shape index (κ2) is 4.64. The van der Waals surface area contributed by atoms with Crippen molar-refractivity contribution in [3.8, 4) is 5.75 Å². The Labute approximate surface area is 114 Å². The van der Waals surface area contributed by atoms with Crippen molar-refractivity contribution >= 4 is 22.6 Å². The molecular formula is C14H14N2O4. The number of aliphatic hydroxyl groups excluding tert-OH is 1. The van der Waals surface area contributed by atoms with Crippen LogP contribution in [0.5, 0.6) is 5.75 Å². The summed E-state index contributed by atoms with van der Waals surface area (Å²) in [4.78, 5) is 17.1. The fraction of sp³-hybridized carbons (Fsp3) is 0.286. The number of nitrogens with zero attached hydrogens (tertiary/aromatic N) is 2. The summed E-state index contributed by atoms with van der Waals surface area (Å²) in [6.07, 6.45) is 1.08. The first-order valence-electron chi connectivity index (χ1n) is 6.31. The van der Waals surface area contributed by atoms with Gasteiger partial charge < -0.3 is 20.2 Å². The number of carboxylic acids is 1. The second-order valence-corrected chi connectivity index (χ2v) is 4.94. The Morgan fingerprint density at radius 1 is 1.35 bits per heavy atom. The van der Waals surface area contributed by atoms with Gasteiger partial charge in [0.05, 0.1) is 6.10 Å². The Morgan fingerprint density at radius 2 is 2.15 bits per heavy atom. The Hall–Kier alpha value is -2.34. The zero-order valence-corrected chi connectivity index (χ0v) is 10.6. The minimum atomic E-state index is -0.986. The molecule has 2 heterocycles. The van der Waals surface area contributed by atoms with Crippen molar-refractivity contribution in [1.82, 2.24) is 4.98 Å². The van der Waals surface area contributed by atoms with E-state index in [2.05, 4.69) is 4.98 Å². The standard InChI is InChI=1S/C14H14N2O4/c17-9-2-1-8-3-4-15-13(11(8)5-9)16-7-10(18)6-12(16)14(19)20/h1-5,10,12,17-18H,6-7H2,(H,19,20). The summed E-state index contributed by atoms with van der Waals surface area (Å²) in [7, 11) is 0. The summed E-state index contributed by atoms with van der Waals surface area (Å²) >= 11 is 0. The maximum Gasteiger partial charge on any atom is 0.326 e. The van der Waals surface area contributed by atoms with Gasteiger partial charge in [-0.1, -0.05) is 6.07 Å². The quantitative estimate of drug-likeness (QED) is 0.755. The summed E-state index contributed by atoms with van der Waals surface area (Å²) in [6, 6.07) is 5.87. The van der Waals surface area contributed by atoms with Crippen molar-refractivity contribution in [3.63, 3.8) is 0 Å². The lowest BCUT2D eigenvalue weighted by Crippen LogP contribution is -2.36. The van der Waals surface area contributed by atoms with Gasteiger partial charge in [0.15, 0.2) is 0 Å². The largest absolute Gasteiger partial charge is 0.508 e. The van der Waals surface area contributed by atoms with E-state index in [0.29, 0.717) is 11.2 Å². The number of aliphatic carboxylic acids is 1. The van der Waals surface area contributed by atoms with Crippen LogP contribution in [-0.4, -0.2) is 45.0 Å². The summed E-state index contributed by atoms with van der Waals surface area (Å²) in [5, 5.41) is 30.1. The number of rotatable bonds is 2.